The summed E-state index contributed by atoms with van der Waals surface area (Å²) in [6.07, 6.45) is -4.71. The molecule has 0 unspecified atom stereocenters. The summed E-state index contributed by atoms with van der Waals surface area (Å²) in [5.41, 5.74) is -2.59. The molecule has 0 bridgehead atoms. The number of alkyl halides is 3. The molecule has 0 atom stereocenters. The van der Waals surface area contributed by atoms with Crippen molar-refractivity contribution in [1.29, 1.82) is 0 Å². The fraction of sp³-hybridized carbons (Fsp3) is 0.0909. The highest BCUT2D eigenvalue weighted by Crippen LogP contribution is 2.30. The molecule has 2 aromatic rings. The van der Waals surface area contributed by atoms with Crippen LogP contribution >= 0.6 is 0 Å². The van der Waals surface area contributed by atoms with E-state index in [2.05, 4.69) is 4.98 Å². The average molecular weight is 259 g/mol. The monoisotopic (exact) mass is 259 g/mol. The summed E-state index contributed by atoms with van der Waals surface area (Å²) in [6.45, 7) is 0. The van der Waals surface area contributed by atoms with Crippen LogP contribution < -0.4 is 0 Å². The normalized spacial score (nSPS) is 11.8. The van der Waals surface area contributed by atoms with Crippen molar-refractivity contribution in [3.63, 3.8) is 0 Å². The quantitative estimate of drug-likeness (QED) is 0.800. The van der Waals surface area contributed by atoms with E-state index < -0.39 is 34.7 Å². The molecule has 0 amide bonds. The molecule has 94 valence electrons. The topological polar surface area (TPSA) is 50.2 Å². The van der Waals surface area contributed by atoms with Gasteiger partial charge in [-0.2, -0.15) is 13.2 Å². The second-order valence-electron chi connectivity index (χ2n) is 3.50. The van der Waals surface area contributed by atoms with Gasteiger partial charge in [0.2, 0.25) is 0 Å². The first kappa shape index (κ1) is 12.3. The number of hydrogen-bond donors (Lipinski definition) is 1. The van der Waals surface area contributed by atoms with Gasteiger partial charge in [-0.25, -0.2) is 14.2 Å². The number of aromatic carboxylic acids is 1. The largest absolute Gasteiger partial charge is 0.478 e. The summed E-state index contributed by atoms with van der Waals surface area (Å²) in [5.74, 6) is -2.83. The molecule has 0 saturated carbocycles. The molecule has 0 fully saturated rings. The van der Waals surface area contributed by atoms with Gasteiger partial charge >= 0.3 is 12.1 Å². The minimum absolute atomic E-state index is 0.102. The van der Waals surface area contributed by atoms with Crippen LogP contribution in [0.15, 0.2) is 24.3 Å². The third-order valence-electron chi connectivity index (χ3n) is 2.32. The Morgan fingerprint density at radius 1 is 1.17 bits per heavy atom. The number of rotatable bonds is 1. The molecule has 0 aliphatic rings. The van der Waals surface area contributed by atoms with Crippen LogP contribution in [0.3, 0.4) is 0 Å². The molecule has 0 saturated heterocycles. The molecule has 0 spiro atoms. The van der Waals surface area contributed by atoms with E-state index >= 15 is 0 Å². The lowest BCUT2D eigenvalue weighted by Gasteiger charge is -2.08. The van der Waals surface area contributed by atoms with E-state index in [1.54, 1.807) is 0 Å². The maximum atomic E-state index is 13.7. The number of carbonyl (C=O) groups is 1. The molecule has 0 radical (unpaired) electrons. The number of carboxylic acids is 1. The van der Waals surface area contributed by atoms with Gasteiger partial charge in [0.15, 0.2) is 5.82 Å². The maximum Gasteiger partial charge on any atom is 0.433 e. The van der Waals surface area contributed by atoms with Crippen LogP contribution in [0.25, 0.3) is 10.9 Å². The van der Waals surface area contributed by atoms with Gasteiger partial charge in [0.05, 0.1) is 5.56 Å². The second kappa shape index (κ2) is 3.94. The third-order valence-corrected chi connectivity index (χ3v) is 2.32. The molecular weight excluding hydrogens is 254 g/mol. The van der Waals surface area contributed by atoms with E-state index in [9.17, 15) is 22.4 Å². The minimum Gasteiger partial charge on any atom is -0.478 e. The molecular formula is C11H5F4NO2. The SMILES string of the molecule is O=C(O)c1ccc2ccc(C(F)(F)F)nc2c1F. The van der Waals surface area contributed by atoms with Crippen LogP contribution in [0.5, 0.6) is 0 Å². The lowest BCUT2D eigenvalue weighted by molar-refractivity contribution is -0.140. The van der Waals surface area contributed by atoms with Gasteiger partial charge < -0.3 is 5.11 Å². The predicted molar refractivity (Wildman–Crippen MR) is 53.7 cm³/mol. The van der Waals surface area contributed by atoms with Crippen molar-refractivity contribution in [2.75, 3.05) is 0 Å². The number of hydrogen-bond acceptors (Lipinski definition) is 2. The summed E-state index contributed by atoms with van der Waals surface area (Å²) in [6, 6.07) is 3.94. The van der Waals surface area contributed by atoms with Crippen molar-refractivity contribution >= 4 is 16.9 Å². The Morgan fingerprint density at radius 2 is 1.78 bits per heavy atom. The van der Waals surface area contributed by atoms with Crippen LogP contribution in [-0.2, 0) is 6.18 Å². The number of halogens is 4. The summed E-state index contributed by atoms with van der Waals surface area (Å²) in [5, 5.41) is 8.77. The van der Waals surface area contributed by atoms with Crippen LogP contribution in [0.2, 0.25) is 0 Å². The maximum absolute atomic E-state index is 13.7. The van der Waals surface area contributed by atoms with Crippen LogP contribution in [0.4, 0.5) is 17.6 Å². The Kier molecular flexibility index (Phi) is 2.68. The average Bonchev–Trinajstić information content (AvgIpc) is 2.27. The predicted octanol–water partition coefficient (Wildman–Crippen LogP) is 3.09. The molecule has 1 aromatic carbocycles. The minimum atomic E-state index is -4.71. The number of pyridine rings is 1. The first-order valence-electron chi connectivity index (χ1n) is 4.70. The van der Waals surface area contributed by atoms with E-state index in [4.69, 9.17) is 5.11 Å². The van der Waals surface area contributed by atoms with Crippen LogP contribution in [-0.4, -0.2) is 16.1 Å². The molecule has 0 aliphatic carbocycles. The van der Waals surface area contributed by atoms with Crippen molar-refractivity contribution in [3.05, 3.63) is 41.3 Å². The van der Waals surface area contributed by atoms with E-state index in [0.29, 0.717) is 6.07 Å². The summed E-state index contributed by atoms with van der Waals surface area (Å²) < 4.78 is 50.9. The number of benzene rings is 1. The Bertz CT molecular complexity index is 637. The first-order valence-corrected chi connectivity index (χ1v) is 4.70. The zero-order valence-electron chi connectivity index (χ0n) is 8.62. The summed E-state index contributed by atoms with van der Waals surface area (Å²) in [4.78, 5) is 13.8. The van der Waals surface area contributed by atoms with Crippen molar-refractivity contribution < 1.29 is 27.5 Å². The highest BCUT2D eigenvalue weighted by Gasteiger charge is 2.33. The van der Waals surface area contributed by atoms with Crippen molar-refractivity contribution in [3.8, 4) is 0 Å². The number of aromatic nitrogens is 1. The zero-order chi connectivity index (χ0) is 13.5. The van der Waals surface area contributed by atoms with Gasteiger partial charge in [0, 0.05) is 5.39 Å². The van der Waals surface area contributed by atoms with Gasteiger partial charge in [0.25, 0.3) is 0 Å². The molecule has 1 N–H and O–H groups in total. The highest BCUT2D eigenvalue weighted by atomic mass is 19.4. The van der Waals surface area contributed by atoms with Crippen LogP contribution in [0, 0.1) is 5.82 Å². The molecule has 1 aromatic heterocycles. The van der Waals surface area contributed by atoms with E-state index in [1.165, 1.54) is 6.07 Å². The third kappa shape index (κ3) is 1.99. The molecule has 18 heavy (non-hydrogen) atoms. The smallest absolute Gasteiger partial charge is 0.433 e. The molecule has 1 heterocycles. The van der Waals surface area contributed by atoms with Gasteiger partial charge in [-0.05, 0) is 12.1 Å². The molecule has 7 heteroatoms. The van der Waals surface area contributed by atoms with Gasteiger partial charge in [-0.3, -0.25) is 0 Å². The fourth-order valence-corrected chi connectivity index (χ4v) is 1.48. The van der Waals surface area contributed by atoms with Crippen molar-refractivity contribution in [2.24, 2.45) is 0 Å². The standard InChI is InChI=1S/C11H5F4NO2/c12-8-6(10(17)18)3-1-5-2-4-7(11(13,14)15)16-9(5)8/h1-4H,(H,17,18). The van der Waals surface area contributed by atoms with Crippen molar-refractivity contribution in [2.45, 2.75) is 6.18 Å². The lowest BCUT2D eigenvalue weighted by Crippen LogP contribution is -2.09. The molecule has 0 aliphatic heterocycles. The van der Waals surface area contributed by atoms with E-state index in [0.717, 1.165) is 12.1 Å². The van der Waals surface area contributed by atoms with Gasteiger partial charge in [-0.15, -0.1) is 0 Å². The Labute approximate surface area is 97.7 Å². The Morgan fingerprint density at radius 3 is 2.33 bits per heavy atom. The highest BCUT2D eigenvalue weighted by molar-refractivity contribution is 5.93. The van der Waals surface area contributed by atoms with E-state index in [-0.39, 0.29) is 5.39 Å². The fourth-order valence-electron chi connectivity index (χ4n) is 1.48. The Balaban J connectivity index is 2.75. The second-order valence-corrected chi connectivity index (χ2v) is 3.50. The number of fused-ring (bicyclic) bond motifs is 1. The molecule has 2 rings (SSSR count). The first-order chi connectivity index (χ1) is 8.30. The zero-order valence-corrected chi connectivity index (χ0v) is 8.62. The van der Waals surface area contributed by atoms with Crippen LogP contribution in [0.1, 0.15) is 16.1 Å². The molecule has 3 nitrogen and oxygen atoms in total. The number of carboxylic acid groups (broad SMARTS) is 1. The number of nitrogens with zero attached hydrogens (tertiary/aromatic N) is 1. The summed E-state index contributed by atoms with van der Waals surface area (Å²) in [7, 11) is 0. The lowest BCUT2D eigenvalue weighted by atomic mass is 10.1. The Hall–Kier alpha value is -2.18. The van der Waals surface area contributed by atoms with Gasteiger partial charge in [-0.1, -0.05) is 12.1 Å². The van der Waals surface area contributed by atoms with E-state index in [1.807, 2.05) is 0 Å². The van der Waals surface area contributed by atoms with Crippen molar-refractivity contribution in [1.82, 2.24) is 4.98 Å². The summed E-state index contributed by atoms with van der Waals surface area (Å²) >= 11 is 0. The van der Waals surface area contributed by atoms with Gasteiger partial charge in [0.1, 0.15) is 11.2 Å².